The number of rotatable bonds is 4. The molecule has 0 unspecified atom stereocenters. The van der Waals surface area contributed by atoms with Gasteiger partial charge < -0.3 is 15.8 Å². The first-order valence-corrected chi connectivity index (χ1v) is 6.62. The van der Waals surface area contributed by atoms with E-state index in [1.807, 2.05) is 0 Å². The Morgan fingerprint density at radius 3 is 2.57 bits per heavy atom. The summed E-state index contributed by atoms with van der Waals surface area (Å²) in [7, 11) is 0. The van der Waals surface area contributed by atoms with E-state index >= 15 is 0 Å². The van der Waals surface area contributed by atoms with Gasteiger partial charge in [-0.05, 0) is 36.5 Å². The van der Waals surface area contributed by atoms with Crippen LogP contribution >= 0.6 is 0 Å². The van der Waals surface area contributed by atoms with Crippen LogP contribution in [0.4, 0.5) is 18.9 Å². The Labute approximate surface area is 120 Å². The molecule has 0 spiro atoms. The Kier molecular flexibility index (Phi) is 4.02. The van der Waals surface area contributed by atoms with Crippen LogP contribution in [0.1, 0.15) is 36.5 Å². The van der Waals surface area contributed by atoms with Crippen LogP contribution < -0.4 is 15.8 Å². The second-order valence-electron chi connectivity index (χ2n) is 5.65. The molecule has 0 bridgehead atoms. The van der Waals surface area contributed by atoms with Gasteiger partial charge in [-0.2, -0.15) is 0 Å². The van der Waals surface area contributed by atoms with Gasteiger partial charge >= 0.3 is 6.36 Å². The van der Waals surface area contributed by atoms with Gasteiger partial charge in [0.1, 0.15) is 0 Å². The van der Waals surface area contributed by atoms with Crippen LogP contribution in [-0.4, -0.2) is 18.8 Å². The summed E-state index contributed by atoms with van der Waals surface area (Å²) in [5, 5.41) is 2.78. The summed E-state index contributed by atoms with van der Waals surface area (Å²) in [5.74, 6) is -0.863. The molecule has 0 heterocycles. The van der Waals surface area contributed by atoms with E-state index in [-0.39, 0.29) is 22.6 Å². The number of nitrogens with two attached hydrogens (primary N) is 1. The van der Waals surface area contributed by atoms with Crippen LogP contribution in [0.25, 0.3) is 0 Å². The number of benzene rings is 1. The SMILES string of the molecule is CC1(CNC(=O)c2ccc(OC(F)(F)F)c(N)c2)CCC1. The van der Waals surface area contributed by atoms with Gasteiger partial charge in [-0.3, -0.25) is 4.79 Å². The van der Waals surface area contributed by atoms with Crippen molar-refractivity contribution in [1.82, 2.24) is 5.32 Å². The van der Waals surface area contributed by atoms with Crippen molar-refractivity contribution in [2.24, 2.45) is 5.41 Å². The quantitative estimate of drug-likeness (QED) is 0.840. The lowest BCUT2D eigenvalue weighted by Gasteiger charge is -2.38. The van der Waals surface area contributed by atoms with Gasteiger partial charge in [0.25, 0.3) is 5.91 Å². The maximum Gasteiger partial charge on any atom is 0.573 e. The van der Waals surface area contributed by atoms with Gasteiger partial charge in [0, 0.05) is 12.1 Å². The molecular weight excluding hydrogens is 285 g/mol. The number of carbonyl (C=O) groups is 1. The zero-order valence-electron chi connectivity index (χ0n) is 11.6. The van der Waals surface area contributed by atoms with Crippen molar-refractivity contribution >= 4 is 11.6 Å². The summed E-state index contributed by atoms with van der Waals surface area (Å²) in [4.78, 5) is 12.0. The molecule has 116 valence electrons. The van der Waals surface area contributed by atoms with Crippen LogP contribution in [0.15, 0.2) is 18.2 Å². The third-order valence-electron chi connectivity index (χ3n) is 3.73. The molecule has 1 fully saturated rings. The minimum Gasteiger partial charge on any atom is -0.404 e. The van der Waals surface area contributed by atoms with Crippen molar-refractivity contribution in [3.8, 4) is 5.75 Å². The number of nitrogen functional groups attached to an aromatic ring is 1. The standard InChI is InChI=1S/C14H17F3N2O2/c1-13(5-2-6-13)8-19-12(20)9-3-4-11(10(18)7-9)21-14(15,16)17/h3-4,7H,2,5-6,8,18H2,1H3,(H,19,20). The summed E-state index contributed by atoms with van der Waals surface area (Å²) in [6.07, 6.45) is -1.53. The molecule has 0 radical (unpaired) electrons. The van der Waals surface area contributed by atoms with E-state index in [9.17, 15) is 18.0 Å². The van der Waals surface area contributed by atoms with E-state index in [4.69, 9.17) is 5.73 Å². The Balaban J connectivity index is 2.00. The minimum absolute atomic E-state index is 0.126. The van der Waals surface area contributed by atoms with Gasteiger partial charge in [0.15, 0.2) is 5.75 Å². The molecule has 4 nitrogen and oxygen atoms in total. The normalized spacial score (nSPS) is 17.0. The van der Waals surface area contributed by atoms with Crippen LogP contribution in [-0.2, 0) is 0 Å². The molecule has 1 aromatic rings. The van der Waals surface area contributed by atoms with Crippen molar-refractivity contribution < 1.29 is 22.7 Å². The second-order valence-corrected chi connectivity index (χ2v) is 5.65. The molecule has 1 aliphatic carbocycles. The fourth-order valence-electron chi connectivity index (χ4n) is 2.26. The summed E-state index contributed by atoms with van der Waals surface area (Å²) >= 11 is 0. The first-order valence-electron chi connectivity index (χ1n) is 6.62. The molecule has 2 rings (SSSR count). The molecular formula is C14H17F3N2O2. The lowest BCUT2D eigenvalue weighted by molar-refractivity contribution is -0.274. The van der Waals surface area contributed by atoms with Gasteiger partial charge in [0.05, 0.1) is 5.69 Å². The summed E-state index contributed by atoms with van der Waals surface area (Å²) in [6.45, 7) is 2.64. The Morgan fingerprint density at radius 1 is 1.43 bits per heavy atom. The third-order valence-corrected chi connectivity index (χ3v) is 3.73. The van der Waals surface area contributed by atoms with Crippen molar-refractivity contribution in [1.29, 1.82) is 0 Å². The molecule has 1 saturated carbocycles. The third kappa shape index (κ3) is 4.03. The molecule has 0 aromatic heterocycles. The highest BCUT2D eigenvalue weighted by molar-refractivity contribution is 5.95. The van der Waals surface area contributed by atoms with Crippen molar-refractivity contribution in [3.63, 3.8) is 0 Å². The Bertz CT molecular complexity index is 540. The van der Waals surface area contributed by atoms with Crippen LogP contribution in [0.2, 0.25) is 0 Å². The lowest BCUT2D eigenvalue weighted by Crippen LogP contribution is -2.39. The zero-order valence-corrected chi connectivity index (χ0v) is 11.6. The molecule has 3 N–H and O–H groups in total. The molecule has 1 aliphatic rings. The Hall–Kier alpha value is -1.92. The van der Waals surface area contributed by atoms with E-state index < -0.39 is 12.1 Å². The second kappa shape index (κ2) is 5.46. The van der Waals surface area contributed by atoms with Crippen LogP contribution in [0.5, 0.6) is 5.75 Å². The molecule has 1 aromatic carbocycles. The number of hydrogen-bond acceptors (Lipinski definition) is 3. The monoisotopic (exact) mass is 302 g/mol. The number of anilines is 1. The molecule has 21 heavy (non-hydrogen) atoms. The van der Waals surface area contributed by atoms with E-state index in [0.29, 0.717) is 6.54 Å². The maximum atomic E-state index is 12.1. The average Bonchev–Trinajstić information content (AvgIpc) is 2.34. The fourth-order valence-corrected chi connectivity index (χ4v) is 2.26. The number of nitrogens with one attached hydrogen (secondary N) is 1. The van der Waals surface area contributed by atoms with Gasteiger partial charge in [-0.1, -0.05) is 13.3 Å². The van der Waals surface area contributed by atoms with E-state index in [2.05, 4.69) is 17.0 Å². The topological polar surface area (TPSA) is 64.3 Å². The Morgan fingerprint density at radius 2 is 2.10 bits per heavy atom. The summed E-state index contributed by atoms with van der Waals surface area (Å²) < 4.78 is 40.1. The highest BCUT2D eigenvalue weighted by atomic mass is 19.4. The summed E-state index contributed by atoms with van der Waals surface area (Å²) in [5.41, 5.74) is 5.59. The highest BCUT2D eigenvalue weighted by Gasteiger charge is 2.33. The van der Waals surface area contributed by atoms with E-state index in [0.717, 1.165) is 25.3 Å². The molecule has 0 atom stereocenters. The van der Waals surface area contributed by atoms with E-state index in [1.54, 1.807) is 0 Å². The highest BCUT2D eigenvalue weighted by Crippen LogP contribution is 2.39. The predicted octanol–water partition coefficient (Wildman–Crippen LogP) is 3.09. The van der Waals surface area contributed by atoms with Gasteiger partial charge in [0.2, 0.25) is 0 Å². The van der Waals surface area contributed by atoms with Gasteiger partial charge in [-0.25, -0.2) is 0 Å². The zero-order chi connectivity index (χ0) is 15.7. The number of hydrogen-bond donors (Lipinski definition) is 2. The minimum atomic E-state index is -4.81. The van der Waals surface area contributed by atoms with Crippen molar-refractivity contribution in [2.75, 3.05) is 12.3 Å². The molecule has 0 saturated heterocycles. The smallest absolute Gasteiger partial charge is 0.404 e. The molecule has 1 amide bonds. The van der Waals surface area contributed by atoms with Gasteiger partial charge in [-0.15, -0.1) is 13.2 Å². The number of alkyl halides is 3. The first-order chi connectivity index (χ1) is 9.69. The van der Waals surface area contributed by atoms with Crippen LogP contribution in [0.3, 0.4) is 0 Å². The number of amides is 1. The largest absolute Gasteiger partial charge is 0.573 e. The average molecular weight is 302 g/mol. The summed E-state index contributed by atoms with van der Waals surface area (Å²) in [6, 6.07) is 3.48. The van der Waals surface area contributed by atoms with Crippen LogP contribution in [0, 0.1) is 5.41 Å². The fraction of sp³-hybridized carbons (Fsp3) is 0.500. The maximum absolute atomic E-state index is 12.1. The lowest BCUT2D eigenvalue weighted by atomic mass is 9.70. The number of halogens is 3. The number of carbonyl (C=O) groups excluding carboxylic acids is 1. The predicted molar refractivity (Wildman–Crippen MR) is 71.8 cm³/mol. The first kappa shape index (κ1) is 15.5. The molecule has 0 aliphatic heterocycles. The van der Waals surface area contributed by atoms with E-state index in [1.165, 1.54) is 12.1 Å². The van der Waals surface area contributed by atoms with Crippen molar-refractivity contribution in [3.05, 3.63) is 23.8 Å². The van der Waals surface area contributed by atoms with Crippen molar-refractivity contribution in [2.45, 2.75) is 32.5 Å². The molecule has 7 heteroatoms. The number of ether oxygens (including phenoxy) is 1.